The summed E-state index contributed by atoms with van der Waals surface area (Å²) in [5.41, 5.74) is 6.32. The van der Waals surface area contributed by atoms with Crippen LogP contribution in [0.25, 0.3) is 0 Å². The Bertz CT molecular complexity index is 505. The molecule has 2 N–H and O–H groups in total. The summed E-state index contributed by atoms with van der Waals surface area (Å²) in [6, 6.07) is 7.31. The topological polar surface area (TPSA) is 72.6 Å². The molecule has 19 heavy (non-hydrogen) atoms. The molecule has 1 aliphatic heterocycles. The average Bonchev–Trinajstić information content (AvgIpc) is 2.37. The van der Waals surface area contributed by atoms with Crippen molar-refractivity contribution in [2.75, 3.05) is 31.7 Å². The predicted octanol–water partition coefficient (Wildman–Crippen LogP) is 1.32. The Kier molecular flexibility index (Phi) is 4.31. The monoisotopic (exact) mass is 284 g/mol. The molecule has 0 amide bonds. The maximum absolute atomic E-state index is 11.4. The lowest BCUT2D eigenvalue weighted by Crippen LogP contribution is -2.39. The molecule has 106 valence electrons. The van der Waals surface area contributed by atoms with Crippen molar-refractivity contribution in [2.24, 2.45) is 5.92 Å². The van der Waals surface area contributed by atoms with Gasteiger partial charge in [0, 0.05) is 18.8 Å². The van der Waals surface area contributed by atoms with E-state index in [1.54, 1.807) is 0 Å². The molecule has 0 saturated carbocycles. The molecule has 1 aromatic rings. The molecule has 0 aromatic heterocycles. The van der Waals surface area contributed by atoms with E-state index >= 15 is 0 Å². The molecule has 1 heterocycles. The Hall–Kier alpha value is -1.27. The lowest BCUT2D eigenvalue weighted by Gasteiger charge is -2.30. The highest BCUT2D eigenvalue weighted by Crippen LogP contribution is 2.21. The van der Waals surface area contributed by atoms with E-state index in [-0.39, 0.29) is 0 Å². The molecule has 0 bridgehead atoms. The van der Waals surface area contributed by atoms with Crippen molar-refractivity contribution >= 4 is 15.7 Å². The number of benzene rings is 1. The fourth-order valence-corrected chi connectivity index (χ4v) is 3.06. The molecule has 0 unspecified atom stereocenters. The number of piperidine rings is 1. The van der Waals surface area contributed by atoms with Gasteiger partial charge >= 0.3 is 0 Å². The molecule has 5 nitrogen and oxygen atoms in total. The van der Waals surface area contributed by atoms with Gasteiger partial charge < -0.3 is 10.5 Å². The van der Waals surface area contributed by atoms with E-state index in [1.807, 2.05) is 24.3 Å². The minimum atomic E-state index is -3.04. The van der Waals surface area contributed by atoms with Gasteiger partial charge in [-0.05, 0) is 43.0 Å². The number of ether oxygens (including phenoxy) is 1. The molecular weight excluding hydrogens is 264 g/mol. The predicted molar refractivity (Wildman–Crippen MR) is 75.5 cm³/mol. The third-order valence-corrected chi connectivity index (χ3v) is 4.71. The van der Waals surface area contributed by atoms with Crippen LogP contribution < -0.4 is 10.5 Å². The molecule has 0 radical (unpaired) electrons. The smallest absolute Gasteiger partial charge is 0.211 e. The second-order valence-electron chi connectivity index (χ2n) is 4.99. The first-order valence-corrected chi connectivity index (χ1v) is 8.23. The summed E-state index contributed by atoms with van der Waals surface area (Å²) >= 11 is 0. The van der Waals surface area contributed by atoms with E-state index in [9.17, 15) is 8.42 Å². The first-order valence-electron chi connectivity index (χ1n) is 6.38. The Labute approximate surface area is 114 Å². The summed E-state index contributed by atoms with van der Waals surface area (Å²) in [5.74, 6) is 1.22. The number of anilines is 1. The Balaban J connectivity index is 1.78. The van der Waals surface area contributed by atoms with Gasteiger partial charge in [-0.3, -0.25) is 0 Å². The molecule has 1 fully saturated rings. The van der Waals surface area contributed by atoms with E-state index in [0.29, 0.717) is 31.3 Å². The van der Waals surface area contributed by atoms with Gasteiger partial charge in [0.1, 0.15) is 5.75 Å². The average molecular weight is 284 g/mol. The first-order chi connectivity index (χ1) is 8.95. The van der Waals surface area contributed by atoms with Crippen molar-refractivity contribution in [1.82, 2.24) is 4.31 Å². The van der Waals surface area contributed by atoms with Gasteiger partial charge in [-0.25, -0.2) is 12.7 Å². The van der Waals surface area contributed by atoms with Crippen molar-refractivity contribution < 1.29 is 13.2 Å². The van der Waals surface area contributed by atoms with Crippen LogP contribution in [0.3, 0.4) is 0 Å². The molecule has 2 rings (SSSR count). The van der Waals surface area contributed by atoms with Crippen molar-refractivity contribution in [3.63, 3.8) is 0 Å². The highest BCUT2D eigenvalue weighted by molar-refractivity contribution is 7.88. The Morgan fingerprint density at radius 3 is 2.37 bits per heavy atom. The molecule has 6 heteroatoms. The minimum Gasteiger partial charge on any atom is -0.493 e. The molecule has 0 atom stereocenters. The quantitative estimate of drug-likeness (QED) is 0.846. The van der Waals surface area contributed by atoms with E-state index in [2.05, 4.69) is 0 Å². The van der Waals surface area contributed by atoms with Crippen molar-refractivity contribution in [3.8, 4) is 5.75 Å². The normalized spacial score (nSPS) is 18.4. The third kappa shape index (κ3) is 4.11. The second kappa shape index (κ2) is 5.79. The number of rotatable bonds is 4. The number of hydrogen-bond acceptors (Lipinski definition) is 4. The van der Waals surface area contributed by atoms with Crippen LogP contribution in [-0.2, 0) is 10.0 Å². The Morgan fingerprint density at radius 2 is 1.84 bits per heavy atom. The van der Waals surface area contributed by atoms with Crippen molar-refractivity contribution in [3.05, 3.63) is 24.3 Å². The van der Waals surface area contributed by atoms with Gasteiger partial charge in [0.2, 0.25) is 10.0 Å². The number of sulfonamides is 1. The molecule has 0 aliphatic carbocycles. The summed E-state index contributed by atoms with van der Waals surface area (Å²) in [7, 11) is -3.04. The number of hydrogen-bond donors (Lipinski definition) is 1. The highest BCUT2D eigenvalue weighted by atomic mass is 32.2. The molecule has 0 spiro atoms. The standard InChI is InChI=1S/C13H20N2O3S/c1-19(16,17)15-8-6-11(7-9-15)10-18-13-4-2-12(14)3-5-13/h2-5,11H,6-10,14H2,1H3. The van der Waals surface area contributed by atoms with Gasteiger partial charge in [-0.2, -0.15) is 0 Å². The lowest BCUT2D eigenvalue weighted by molar-refractivity contribution is 0.186. The molecule has 1 saturated heterocycles. The van der Waals surface area contributed by atoms with Gasteiger partial charge in [0.25, 0.3) is 0 Å². The van der Waals surface area contributed by atoms with Crippen LogP contribution in [0, 0.1) is 5.92 Å². The van der Waals surface area contributed by atoms with Gasteiger partial charge in [-0.15, -0.1) is 0 Å². The van der Waals surface area contributed by atoms with Crippen LogP contribution in [-0.4, -0.2) is 38.7 Å². The van der Waals surface area contributed by atoms with Crippen LogP contribution in [0.4, 0.5) is 5.69 Å². The SMILES string of the molecule is CS(=O)(=O)N1CCC(COc2ccc(N)cc2)CC1. The van der Waals surface area contributed by atoms with Crippen molar-refractivity contribution in [2.45, 2.75) is 12.8 Å². The van der Waals surface area contributed by atoms with Gasteiger partial charge in [0.15, 0.2) is 0 Å². The molecule has 1 aromatic carbocycles. The van der Waals surface area contributed by atoms with Crippen LogP contribution >= 0.6 is 0 Å². The molecule has 1 aliphatic rings. The van der Waals surface area contributed by atoms with E-state index in [4.69, 9.17) is 10.5 Å². The summed E-state index contributed by atoms with van der Waals surface area (Å²) in [4.78, 5) is 0. The van der Waals surface area contributed by atoms with E-state index < -0.39 is 10.0 Å². The van der Waals surface area contributed by atoms with Gasteiger partial charge in [-0.1, -0.05) is 0 Å². The third-order valence-electron chi connectivity index (χ3n) is 3.41. The number of nitrogen functional groups attached to an aromatic ring is 1. The second-order valence-corrected chi connectivity index (χ2v) is 6.97. The lowest BCUT2D eigenvalue weighted by atomic mass is 9.99. The van der Waals surface area contributed by atoms with Gasteiger partial charge in [0.05, 0.1) is 12.9 Å². The first kappa shape index (κ1) is 14.1. The maximum atomic E-state index is 11.4. The summed E-state index contributed by atoms with van der Waals surface area (Å²) in [5, 5.41) is 0. The molecular formula is C13H20N2O3S. The van der Waals surface area contributed by atoms with Crippen LogP contribution in [0.5, 0.6) is 5.75 Å². The zero-order valence-corrected chi connectivity index (χ0v) is 11.9. The van der Waals surface area contributed by atoms with Crippen LogP contribution in [0.1, 0.15) is 12.8 Å². The number of nitrogens with two attached hydrogens (primary N) is 1. The maximum Gasteiger partial charge on any atom is 0.211 e. The van der Waals surface area contributed by atoms with Crippen LogP contribution in [0.2, 0.25) is 0 Å². The zero-order valence-electron chi connectivity index (χ0n) is 11.1. The summed E-state index contributed by atoms with van der Waals surface area (Å²) in [6.45, 7) is 1.81. The highest BCUT2D eigenvalue weighted by Gasteiger charge is 2.25. The largest absolute Gasteiger partial charge is 0.493 e. The van der Waals surface area contributed by atoms with E-state index in [0.717, 1.165) is 18.6 Å². The van der Waals surface area contributed by atoms with E-state index in [1.165, 1.54) is 10.6 Å². The summed E-state index contributed by atoms with van der Waals surface area (Å²) in [6.07, 6.45) is 2.96. The minimum absolute atomic E-state index is 0.413. The zero-order chi connectivity index (χ0) is 13.9. The Morgan fingerprint density at radius 1 is 1.26 bits per heavy atom. The number of nitrogens with zero attached hydrogens (tertiary/aromatic N) is 1. The van der Waals surface area contributed by atoms with Crippen molar-refractivity contribution in [1.29, 1.82) is 0 Å². The van der Waals surface area contributed by atoms with Crippen LogP contribution in [0.15, 0.2) is 24.3 Å². The fourth-order valence-electron chi connectivity index (χ4n) is 2.19. The summed E-state index contributed by atoms with van der Waals surface area (Å²) < 4.78 is 30.0. The fraction of sp³-hybridized carbons (Fsp3) is 0.538.